The van der Waals surface area contributed by atoms with Crippen molar-refractivity contribution in [3.8, 4) is 11.5 Å². The first-order valence-corrected chi connectivity index (χ1v) is 7.59. The topological polar surface area (TPSA) is 68.8 Å². The summed E-state index contributed by atoms with van der Waals surface area (Å²) in [5.74, 6) is 1.25. The van der Waals surface area contributed by atoms with Gasteiger partial charge in [0.2, 0.25) is 0 Å². The highest BCUT2D eigenvalue weighted by Crippen LogP contribution is 2.28. The summed E-state index contributed by atoms with van der Waals surface area (Å²) in [6.07, 6.45) is -0.522. The molecule has 0 bridgehead atoms. The van der Waals surface area contributed by atoms with Gasteiger partial charge in [-0.3, -0.25) is 0 Å². The molecule has 0 aliphatic carbocycles. The van der Waals surface area contributed by atoms with E-state index in [1.54, 1.807) is 19.1 Å². The lowest BCUT2D eigenvalue weighted by atomic mass is 10.3. The molecule has 2 rings (SSSR count). The van der Waals surface area contributed by atoms with Crippen molar-refractivity contribution in [3.63, 3.8) is 0 Å². The first-order chi connectivity index (χ1) is 11.6. The fraction of sp³-hybridized carbons (Fsp3) is 0.278. The van der Waals surface area contributed by atoms with Crippen LogP contribution in [-0.2, 0) is 9.47 Å². The minimum atomic E-state index is -0.522. The zero-order valence-electron chi connectivity index (χ0n) is 14.0. The van der Waals surface area contributed by atoms with Crippen LogP contribution in [0.4, 0.5) is 10.5 Å². The Kier molecular flexibility index (Phi) is 6.60. The van der Waals surface area contributed by atoms with Crippen LogP contribution in [0.5, 0.6) is 11.5 Å². The van der Waals surface area contributed by atoms with Gasteiger partial charge >= 0.3 is 6.03 Å². The molecule has 0 radical (unpaired) electrons. The van der Waals surface area contributed by atoms with Crippen molar-refractivity contribution < 1.29 is 19.0 Å². The molecule has 2 aromatic rings. The minimum Gasteiger partial charge on any atom is -0.455 e. The highest BCUT2D eigenvalue weighted by Gasteiger charge is 2.18. The van der Waals surface area contributed by atoms with Gasteiger partial charge in [-0.1, -0.05) is 30.3 Å². The van der Waals surface area contributed by atoms with Gasteiger partial charge in [-0.15, -0.1) is 0 Å². The summed E-state index contributed by atoms with van der Waals surface area (Å²) in [5.41, 5.74) is 0.567. The molecular formula is C18H22N2O4. The number of hydrogen-bond acceptors (Lipinski definition) is 4. The van der Waals surface area contributed by atoms with Crippen molar-refractivity contribution in [3.05, 3.63) is 54.6 Å². The van der Waals surface area contributed by atoms with Gasteiger partial charge in [0.1, 0.15) is 5.75 Å². The van der Waals surface area contributed by atoms with Crippen molar-refractivity contribution in [1.29, 1.82) is 0 Å². The molecule has 0 fully saturated rings. The van der Waals surface area contributed by atoms with Crippen molar-refractivity contribution in [1.82, 2.24) is 5.32 Å². The van der Waals surface area contributed by atoms with Crippen LogP contribution in [0.25, 0.3) is 0 Å². The number of anilines is 1. The lowest BCUT2D eigenvalue weighted by Crippen LogP contribution is -2.44. The average molecular weight is 330 g/mol. The Morgan fingerprint density at radius 3 is 2.25 bits per heavy atom. The van der Waals surface area contributed by atoms with Crippen LogP contribution in [0.1, 0.15) is 6.92 Å². The molecule has 0 aliphatic rings. The number of nitrogens with one attached hydrogen (secondary N) is 2. The Hall–Kier alpha value is -2.57. The van der Waals surface area contributed by atoms with Crippen LogP contribution in [0.15, 0.2) is 54.6 Å². The number of methoxy groups -OCH3 is 2. The summed E-state index contributed by atoms with van der Waals surface area (Å²) >= 11 is 0. The van der Waals surface area contributed by atoms with Gasteiger partial charge in [-0.25, -0.2) is 4.79 Å². The predicted octanol–water partition coefficient (Wildman–Crippen LogP) is 3.61. The number of urea groups is 1. The molecule has 6 nitrogen and oxygen atoms in total. The molecule has 0 spiro atoms. The van der Waals surface area contributed by atoms with E-state index < -0.39 is 6.29 Å². The van der Waals surface area contributed by atoms with E-state index in [4.69, 9.17) is 14.2 Å². The first kappa shape index (κ1) is 17.8. The average Bonchev–Trinajstić information content (AvgIpc) is 2.58. The normalized spacial score (nSPS) is 11.8. The van der Waals surface area contributed by atoms with Gasteiger partial charge in [0.15, 0.2) is 12.0 Å². The second kappa shape index (κ2) is 8.90. The molecule has 24 heavy (non-hydrogen) atoms. The molecule has 2 amide bonds. The number of carbonyl (C=O) groups excluding carboxylic acids is 1. The van der Waals surface area contributed by atoms with Gasteiger partial charge in [-0.05, 0) is 31.2 Å². The molecular weight excluding hydrogens is 308 g/mol. The molecule has 128 valence electrons. The predicted molar refractivity (Wildman–Crippen MR) is 92.4 cm³/mol. The van der Waals surface area contributed by atoms with Crippen LogP contribution in [0, 0.1) is 0 Å². The van der Waals surface area contributed by atoms with Crippen molar-refractivity contribution in [2.75, 3.05) is 19.5 Å². The number of carbonyl (C=O) groups is 1. The summed E-state index contributed by atoms with van der Waals surface area (Å²) < 4.78 is 16.1. The summed E-state index contributed by atoms with van der Waals surface area (Å²) in [6.45, 7) is 1.80. The molecule has 2 N–H and O–H groups in total. The number of hydrogen-bond donors (Lipinski definition) is 2. The van der Waals surface area contributed by atoms with Gasteiger partial charge in [0.25, 0.3) is 0 Å². The zero-order chi connectivity index (χ0) is 17.4. The fourth-order valence-corrected chi connectivity index (χ4v) is 2.21. The maximum absolute atomic E-state index is 12.2. The SMILES string of the molecule is COC(OC)C(C)NC(=O)Nc1ccccc1Oc1ccccc1. The summed E-state index contributed by atoms with van der Waals surface area (Å²) in [5, 5.41) is 5.54. The van der Waals surface area contributed by atoms with Crippen molar-refractivity contribution in [2.24, 2.45) is 0 Å². The van der Waals surface area contributed by atoms with Crippen LogP contribution in [0.2, 0.25) is 0 Å². The number of ether oxygens (including phenoxy) is 3. The smallest absolute Gasteiger partial charge is 0.319 e. The maximum atomic E-state index is 12.2. The van der Waals surface area contributed by atoms with Crippen LogP contribution >= 0.6 is 0 Å². The Morgan fingerprint density at radius 2 is 1.58 bits per heavy atom. The molecule has 0 aliphatic heterocycles. The molecule has 1 unspecified atom stereocenters. The lowest BCUT2D eigenvalue weighted by Gasteiger charge is -2.22. The molecule has 0 saturated carbocycles. The van der Waals surface area contributed by atoms with Crippen molar-refractivity contribution >= 4 is 11.7 Å². The maximum Gasteiger partial charge on any atom is 0.319 e. The lowest BCUT2D eigenvalue weighted by molar-refractivity contribution is -0.117. The standard InChI is InChI=1S/C18H22N2O4/c1-13(17(22-2)23-3)19-18(21)20-15-11-7-8-12-16(15)24-14-9-5-4-6-10-14/h4-13,17H,1-3H3,(H2,19,20,21). The van der Waals surface area contributed by atoms with Crippen molar-refractivity contribution in [2.45, 2.75) is 19.3 Å². The van der Waals surface area contributed by atoms with E-state index >= 15 is 0 Å². The minimum absolute atomic E-state index is 0.317. The van der Waals surface area contributed by atoms with E-state index in [-0.39, 0.29) is 12.1 Å². The third-order valence-electron chi connectivity index (χ3n) is 3.34. The van der Waals surface area contributed by atoms with Gasteiger partial charge in [-0.2, -0.15) is 0 Å². The second-order valence-corrected chi connectivity index (χ2v) is 5.14. The van der Waals surface area contributed by atoms with Crippen LogP contribution < -0.4 is 15.4 Å². The largest absolute Gasteiger partial charge is 0.455 e. The quantitative estimate of drug-likeness (QED) is 0.761. The number of benzene rings is 2. The van der Waals surface area contributed by atoms with E-state index in [1.165, 1.54) is 14.2 Å². The van der Waals surface area contributed by atoms with E-state index in [0.717, 1.165) is 0 Å². The Labute approximate surface area is 141 Å². The van der Waals surface area contributed by atoms with E-state index in [2.05, 4.69) is 10.6 Å². The summed E-state index contributed by atoms with van der Waals surface area (Å²) in [7, 11) is 3.04. The number of amides is 2. The molecule has 0 saturated heterocycles. The van der Waals surface area contributed by atoms with E-state index in [0.29, 0.717) is 17.2 Å². The molecule has 2 aromatic carbocycles. The van der Waals surface area contributed by atoms with Gasteiger partial charge in [0, 0.05) is 14.2 Å². The van der Waals surface area contributed by atoms with Gasteiger partial charge in [0.05, 0.1) is 11.7 Å². The van der Waals surface area contributed by atoms with Gasteiger partial charge < -0.3 is 24.8 Å². The highest BCUT2D eigenvalue weighted by atomic mass is 16.7. The second-order valence-electron chi connectivity index (χ2n) is 5.14. The third-order valence-corrected chi connectivity index (χ3v) is 3.34. The van der Waals surface area contributed by atoms with E-state index in [9.17, 15) is 4.79 Å². The zero-order valence-corrected chi connectivity index (χ0v) is 14.0. The third kappa shape index (κ3) is 4.97. The fourth-order valence-electron chi connectivity index (χ4n) is 2.21. The number of para-hydroxylation sites is 3. The molecule has 6 heteroatoms. The summed E-state index contributed by atoms with van der Waals surface area (Å²) in [6, 6.07) is 15.9. The summed E-state index contributed by atoms with van der Waals surface area (Å²) in [4.78, 5) is 12.2. The molecule has 1 atom stereocenters. The Bertz CT molecular complexity index is 644. The Balaban J connectivity index is 2.03. The first-order valence-electron chi connectivity index (χ1n) is 7.59. The van der Waals surface area contributed by atoms with E-state index in [1.807, 2.05) is 42.5 Å². The monoisotopic (exact) mass is 330 g/mol. The molecule has 0 heterocycles. The molecule has 0 aromatic heterocycles. The van der Waals surface area contributed by atoms with Crippen LogP contribution in [0.3, 0.4) is 0 Å². The Morgan fingerprint density at radius 1 is 0.958 bits per heavy atom. The highest BCUT2D eigenvalue weighted by molar-refractivity contribution is 5.91. The van der Waals surface area contributed by atoms with Crippen LogP contribution in [-0.4, -0.2) is 32.6 Å². The number of rotatable bonds is 7.